The van der Waals surface area contributed by atoms with Gasteiger partial charge in [0.05, 0.1) is 6.04 Å². The fourth-order valence-corrected chi connectivity index (χ4v) is 0.197. The van der Waals surface area contributed by atoms with E-state index >= 15 is 0 Å². The summed E-state index contributed by atoms with van der Waals surface area (Å²) in [5.74, 6) is 0. The second kappa shape index (κ2) is 2.51. The molecule has 0 unspecified atom stereocenters. The lowest BCUT2D eigenvalue weighted by atomic mass is 10.1. The van der Waals surface area contributed by atoms with Crippen molar-refractivity contribution >= 4 is 18.9 Å². The first-order chi connectivity index (χ1) is 3.48. The third-order valence-electron chi connectivity index (χ3n) is 0.888. The molecular weight excluding hydrogens is 122 g/mol. The molecular formula is C5H10NOS. The van der Waals surface area contributed by atoms with Gasteiger partial charge in [-0.25, -0.2) is 0 Å². The Morgan fingerprint density at radius 1 is 1.75 bits per heavy atom. The molecule has 0 aromatic rings. The van der Waals surface area contributed by atoms with Crippen molar-refractivity contribution in [3.8, 4) is 0 Å². The van der Waals surface area contributed by atoms with Crippen LogP contribution in [0.25, 0.3) is 0 Å². The van der Waals surface area contributed by atoms with Gasteiger partial charge >= 0.3 is 0 Å². The maximum absolute atomic E-state index is 9.85. The van der Waals surface area contributed by atoms with Crippen LogP contribution in [0.15, 0.2) is 0 Å². The van der Waals surface area contributed by atoms with Gasteiger partial charge in [0.25, 0.3) is 0 Å². The highest BCUT2D eigenvalue weighted by atomic mass is 32.1. The summed E-state index contributed by atoms with van der Waals surface area (Å²) >= 11 is 4.04. The molecule has 0 aliphatic rings. The van der Waals surface area contributed by atoms with E-state index in [1.165, 1.54) is 0 Å². The number of hydrogen-bond acceptors (Lipinski definition) is 3. The Kier molecular flexibility index (Phi) is 2.50. The summed E-state index contributed by atoms with van der Waals surface area (Å²) in [5, 5.41) is 0. The lowest BCUT2D eigenvalue weighted by Gasteiger charge is -2.19. The molecule has 0 aromatic heterocycles. The van der Waals surface area contributed by atoms with Crippen molar-refractivity contribution in [3.63, 3.8) is 0 Å². The smallest absolute Gasteiger partial charge is 0.218 e. The molecule has 1 radical (unpaired) electrons. The SMILES string of the molecule is CC(C)(S)[C@@H](N)[C]=O. The fourth-order valence-electron chi connectivity index (χ4n) is 0.144. The molecule has 0 heterocycles. The highest BCUT2D eigenvalue weighted by Gasteiger charge is 2.21. The molecule has 0 aliphatic carbocycles. The largest absolute Gasteiger partial charge is 0.320 e. The van der Waals surface area contributed by atoms with E-state index < -0.39 is 10.8 Å². The zero-order chi connectivity index (χ0) is 6.78. The molecule has 0 rings (SSSR count). The van der Waals surface area contributed by atoms with Crippen LogP contribution in [0.3, 0.4) is 0 Å². The van der Waals surface area contributed by atoms with E-state index in [-0.39, 0.29) is 0 Å². The van der Waals surface area contributed by atoms with Crippen molar-refractivity contribution in [1.82, 2.24) is 0 Å². The van der Waals surface area contributed by atoms with Crippen molar-refractivity contribution in [3.05, 3.63) is 0 Å². The van der Waals surface area contributed by atoms with Crippen molar-refractivity contribution in [1.29, 1.82) is 0 Å². The van der Waals surface area contributed by atoms with Crippen LogP contribution in [0.4, 0.5) is 0 Å². The Labute approximate surface area is 54.9 Å². The summed E-state index contributed by atoms with van der Waals surface area (Å²) in [7, 11) is 0. The zero-order valence-corrected chi connectivity index (χ0v) is 5.90. The first-order valence-electron chi connectivity index (χ1n) is 2.34. The van der Waals surface area contributed by atoms with Crippen LogP contribution in [0.5, 0.6) is 0 Å². The van der Waals surface area contributed by atoms with Gasteiger partial charge in [0.2, 0.25) is 6.29 Å². The van der Waals surface area contributed by atoms with E-state index in [0.717, 1.165) is 0 Å². The van der Waals surface area contributed by atoms with E-state index in [4.69, 9.17) is 5.73 Å². The van der Waals surface area contributed by atoms with Gasteiger partial charge in [0.15, 0.2) is 0 Å². The molecule has 0 saturated carbocycles. The van der Waals surface area contributed by atoms with Crippen LogP contribution in [-0.2, 0) is 4.79 Å². The minimum absolute atomic E-state index is 0.443. The average Bonchev–Trinajstić information content (AvgIpc) is 1.62. The molecule has 0 saturated heterocycles. The lowest BCUT2D eigenvalue weighted by molar-refractivity contribution is 0.522. The van der Waals surface area contributed by atoms with Crippen LogP contribution in [-0.4, -0.2) is 17.1 Å². The lowest BCUT2D eigenvalue weighted by Crippen LogP contribution is -2.39. The topological polar surface area (TPSA) is 43.1 Å². The first-order valence-corrected chi connectivity index (χ1v) is 2.79. The average molecular weight is 132 g/mol. The van der Waals surface area contributed by atoms with E-state index in [0.29, 0.717) is 0 Å². The van der Waals surface area contributed by atoms with Crippen molar-refractivity contribution in [2.75, 3.05) is 0 Å². The second-order valence-electron chi connectivity index (χ2n) is 2.25. The monoisotopic (exact) mass is 132 g/mol. The Balaban J connectivity index is 3.80. The summed E-state index contributed by atoms with van der Waals surface area (Å²) in [5.41, 5.74) is 5.25. The van der Waals surface area contributed by atoms with E-state index in [1.54, 1.807) is 20.1 Å². The molecule has 0 amide bonds. The van der Waals surface area contributed by atoms with Gasteiger partial charge in [-0.05, 0) is 13.8 Å². The fraction of sp³-hybridized carbons (Fsp3) is 0.800. The summed E-state index contributed by atoms with van der Waals surface area (Å²) < 4.78 is -0.443. The standard InChI is InChI=1S/C5H10NOS/c1-5(2,8)4(6)3-7/h4,8H,6H2,1-2H3/t4-/m0/s1. The minimum Gasteiger partial charge on any atom is -0.320 e. The third-order valence-corrected chi connectivity index (χ3v) is 1.17. The molecule has 2 N–H and O–H groups in total. The third kappa shape index (κ3) is 2.33. The Morgan fingerprint density at radius 3 is 2.12 bits per heavy atom. The summed E-state index contributed by atoms with van der Waals surface area (Å²) in [6.07, 6.45) is 1.66. The normalized spacial score (nSPS) is 15.5. The molecule has 0 spiro atoms. The molecule has 0 bridgehead atoms. The molecule has 0 aliphatic heterocycles. The molecule has 8 heavy (non-hydrogen) atoms. The minimum atomic E-state index is -0.592. The predicted octanol–water partition coefficient (Wildman–Crippen LogP) is 0.132. The highest BCUT2D eigenvalue weighted by Crippen LogP contribution is 2.13. The Morgan fingerprint density at radius 2 is 2.12 bits per heavy atom. The van der Waals surface area contributed by atoms with Gasteiger partial charge in [-0.15, -0.1) is 0 Å². The molecule has 2 nitrogen and oxygen atoms in total. The molecule has 3 heteroatoms. The number of rotatable bonds is 2. The zero-order valence-electron chi connectivity index (χ0n) is 5.01. The van der Waals surface area contributed by atoms with Crippen LogP contribution >= 0.6 is 12.6 Å². The summed E-state index contributed by atoms with van der Waals surface area (Å²) in [4.78, 5) is 9.85. The maximum Gasteiger partial charge on any atom is 0.218 e. The van der Waals surface area contributed by atoms with Crippen LogP contribution in [0.2, 0.25) is 0 Å². The van der Waals surface area contributed by atoms with Gasteiger partial charge in [0.1, 0.15) is 0 Å². The maximum atomic E-state index is 9.85. The quantitative estimate of drug-likeness (QED) is 0.524. The molecule has 0 fully saturated rings. The Bertz CT molecular complexity index is 86.9. The predicted molar refractivity (Wildman–Crippen MR) is 36.7 cm³/mol. The second-order valence-corrected chi connectivity index (χ2v) is 3.40. The van der Waals surface area contributed by atoms with E-state index in [1.807, 2.05) is 0 Å². The van der Waals surface area contributed by atoms with Gasteiger partial charge in [-0.1, -0.05) is 0 Å². The molecule has 47 valence electrons. The summed E-state index contributed by atoms with van der Waals surface area (Å²) in [6, 6.07) is -0.592. The van der Waals surface area contributed by atoms with Gasteiger partial charge in [0, 0.05) is 4.75 Å². The van der Waals surface area contributed by atoms with Crippen molar-refractivity contribution in [2.24, 2.45) is 5.73 Å². The van der Waals surface area contributed by atoms with Gasteiger partial charge in [-0.3, -0.25) is 4.79 Å². The molecule has 1 atom stereocenters. The number of hydrogen-bond donors (Lipinski definition) is 2. The van der Waals surface area contributed by atoms with Crippen LogP contribution in [0, 0.1) is 0 Å². The van der Waals surface area contributed by atoms with E-state index in [9.17, 15) is 4.79 Å². The summed E-state index contributed by atoms with van der Waals surface area (Å²) in [6.45, 7) is 3.54. The van der Waals surface area contributed by atoms with Gasteiger partial charge < -0.3 is 5.73 Å². The number of thiol groups is 1. The van der Waals surface area contributed by atoms with Gasteiger partial charge in [-0.2, -0.15) is 12.6 Å². The first kappa shape index (κ1) is 7.98. The van der Waals surface area contributed by atoms with Crippen molar-refractivity contribution in [2.45, 2.75) is 24.6 Å². The van der Waals surface area contributed by atoms with E-state index in [2.05, 4.69) is 12.6 Å². The number of nitrogens with two attached hydrogens (primary N) is 1. The Hall–Kier alpha value is -0.0200. The van der Waals surface area contributed by atoms with Crippen LogP contribution < -0.4 is 5.73 Å². The van der Waals surface area contributed by atoms with Crippen LogP contribution in [0.1, 0.15) is 13.8 Å². The van der Waals surface area contributed by atoms with Crippen molar-refractivity contribution < 1.29 is 4.79 Å². The molecule has 0 aromatic carbocycles. The number of carbonyl (C=O) groups excluding carboxylic acids is 1. The highest BCUT2D eigenvalue weighted by molar-refractivity contribution is 7.81.